The van der Waals surface area contributed by atoms with E-state index >= 15 is 0 Å². The lowest BCUT2D eigenvalue weighted by molar-refractivity contribution is -0.138. The van der Waals surface area contributed by atoms with Crippen molar-refractivity contribution in [2.45, 2.75) is 53.0 Å². The molecular weight excluding hydrogens is 338 g/mol. The fourth-order valence-corrected chi connectivity index (χ4v) is 3.97. The Balaban J connectivity index is 2.07. The second kappa shape index (κ2) is 7.67. The average Bonchev–Trinajstić information content (AvgIpc) is 2.62. The molecule has 5 nitrogen and oxygen atoms in total. The van der Waals surface area contributed by atoms with Gasteiger partial charge in [0.15, 0.2) is 0 Å². The van der Waals surface area contributed by atoms with E-state index in [4.69, 9.17) is 0 Å². The lowest BCUT2D eigenvalue weighted by Gasteiger charge is -2.39. The third-order valence-electron chi connectivity index (χ3n) is 5.41. The zero-order chi connectivity index (χ0) is 19.7. The topological polar surface area (TPSA) is 53.5 Å². The molecule has 5 heteroatoms. The summed E-state index contributed by atoms with van der Waals surface area (Å²) in [7, 11) is 1.82. The van der Waals surface area contributed by atoms with Gasteiger partial charge in [-0.2, -0.15) is 0 Å². The van der Waals surface area contributed by atoms with Gasteiger partial charge >= 0.3 is 0 Å². The second-order valence-electron chi connectivity index (χ2n) is 7.71. The number of pyridine rings is 1. The maximum Gasteiger partial charge on any atom is 0.255 e. The van der Waals surface area contributed by atoms with Crippen molar-refractivity contribution in [3.63, 3.8) is 0 Å². The summed E-state index contributed by atoms with van der Waals surface area (Å²) in [5.41, 5.74) is 4.53. The van der Waals surface area contributed by atoms with E-state index in [2.05, 4.69) is 18.0 Å². The minimum atomic E-state index is -0.370. The first-order valence-electron chi connectivity index (χ1n) is 9.78. The standard InChI is InChI=1S/C22H29N3O2/c1-6-7-8-19-22(27)24(5)9-10-25(19)21(26)18-13-16(4)23-20-15(3)11-14(2)12-17(18)20/h11-13,19H,6-10H2,1-5H3. The zero-order valence-corrected chi connectivity index (χ0v) is 17.0. The highest BCUT2D eigenvalue weighted by Crippen LogP contribution is 2.27. The Kier molecular flexibility index (Phi) is 5.49. The summed E-state index contributed by atoms with van der Waals surface area (Å²) in [6.45, 7) is 9.23. The van der Waals surface area contributed by atoms with Crippen molar-refractivity contribution in [2.75, 3.05) is 20.1 Å². The minimum Gasteiger partial charge on any atom is -0.342 e. The van der Waals surface area contributed by atoms with Gasteiger partial charge in [0.2, 0.25) is 5.91 Å². The number of carbonyl (C=O) groups is 2. The first-order chi connectivity index (χ1) is 12.8. The van der Waals surface area contributed by atoms with E-state index in [0.717, 1.165) is 40.6 Å². The maximum atomic E-state index is 13.5. The molecule has 1 aromatic heterocycles. The molecule has 1 unspecified atom stereocenters. The van der Waals surface area contributed by atoms with Crippen LogP contribution in [0.5, 0.6) is 0 Å². The van der Waals surface area contributed by atoms with Crippen LogP contribution >= 0.6 is 0 Å². The smallest absolute Gasteiger partial charge is 0.255 e. The number of carbonyl (C=O) groups excluding carboxylic acids is 2. The summed E-state index contributed by atoms with van der Waals surface area (Å²) in [6.07, 6.45) is 2.65. The number of hydrogen-bond donors (Lipinski definition) is 0. The summed E-state index contributed by atoms with van der Waals surface area (Å²) in [4.78, 5) is 34.5. The Labute approximate surface area is 161 Å². The molecule has 2 amide bonds. The largest absolute Gasteiger partial charge is 0.342 e. The lowest BCUT2D eigenvalue weighted by atomic mass is 9.98. The van der Waals surface area contributed by atoms with E-state index in [-0.39, 0.29) is 17.9 Å². The van der Waals surface area contributed by atoms with Crippen LogP contribution in [0.15, 0.2) is 18.2 Å². The third kappa shape index (κ3) is 3.68. The Morgan fingerprint density at radius 2 is 1.93 bits per heavy atom. The highest BCUT2D eigenvalue weighted by Gasteiger charge is 2.36. The van der Waals surface area contributed by atoms with Gasteiger partial charge in [-0.05, 0) is 44.9 Å². The number of rotatable bonds is 4. The fraction of sp³-hybridized carbons (Fsp3) is 0.500. The van der Waals surface area contributed by atoms with Gasteiger partial charge in [-0.1, -0.05) is 31.4 Å². The number of aromatic nitrogens is 1. The molecule has 0 bridgehead atoms. The molecule has 0 saturated carbocycles. The van der Waals surface area contributed by atoms with E-state index in [0.29, 0.717) is 25.1 Å². The van der Waals surface area contributed by atoms with Crippen molar-refractivity contribution in [1.29, 1.82) is 0 Å². The van der Waals surface area contributed by atoms with Crippen molar-refractivity contribution in [3.8, 4) is 0 Å². The van der Waals surface area contributed by atoms with Gasteiger partial charge in [-0.3, -0.25) is 14.6 Å². The number of amides is 2. The Morgan fingerprint density at radius 3 is 2.63 bits per heavy atom. The van der Waals surface area contributed by atoms with E-state index < -0.39 is 0 Å². The molecule has 0 spiro atoms. The molecule has 3 rings (SSSR count). The average molecular weight is 367 g/mol. The normalized spacial score (nSPS) is 17.7. The number of unbranched alkanes of at least 4 members (excludes halogenated alkanes) is 1. The van der Waals surface area contributed by atoms with Crippen molar-refractivity contribution >= 4 is 22.7 Å². The van der Waals surface area contributed by atoms with Gasteiger partial charge < -0.3 is 9.80 Å². The number of hydrogen-bond acceptors (Lipinski definition) is 3. The fourth-order valence-electron chi connectivity index (χ4n) is 3.97. The van der Waals surface area contributed by atoms with E-state index in [1.807, 2.05) is 40.0 Å². The van der Waals surface area contributed by atoms with Crippen LogP contribution in [0.1, 0.15) is 53.4 Å². The van der Waals surface area contributed by atoms with Crippen LogP contribution in [0.4, 0.5) is 0 Å². The van der Waals surface area contributed by atoms with E-state index in [9.17, 15) is 9.59 Å². The number of likely N-dealkylation sites (N-methyl/N-ethyl adjacent to an activating group) is 1. The number of fused-ring (bicyclic) bond motifs is 1. The molecule has 1 fully saturated rings. The zero-order valence-electron chi connectivity index (χ0n) is 17.0. The first kappa shape index (κ1) is 19.3. The van der Waals surface area contributed by atoms with Crippen LogP contribution in [0.2, 0.25) is 0 Å². The quantitative estimate of drug-likeness (QED) is 0.829. The summed E-state index contributed by atoms with van der Waals surface area (Å²) < 4.78 is 0. The van der Waals surface area contributed by atoms with Gasteiger partial charge in [0.05, 0.1) is 11.1 Å². The minimum absolute atomic E-state index is 0.0468. The van der Waals surface area contributed by atoms with Gasteiger partial charge in [0.1, 0.15) is 6.04 Å². The molecular formula is C22H29N3O2. The number of benzene rings is 1. The molecule has 0 radical (unpaired) electrons. The van der Waals surface area contributed by atoms with Crippen molar-refractivity contribution < 1.29 is 9.59 Å². The van der Waals surface area contributed by atoms with Crippen LogP contribution in [0.3, 0.4) is 0 Å². The highest BCUT2D eigenvalue weighted by atomic mass is 16.2. The van der Waals surface area contributed by atoms with E-state index in [1.54, 1.807) is 9.80 Å². The molecule has 1 aliphatic heterocycles. The first-order valence-corrected chi connectivity index (χ1v) is 9.78. The molecule has 1 saturated heterocycles. The lowest BCUT2D eigenvalue weighted by Crippen LogP contribution is -2.57. The SMILES string of the molecule is CCCCC1C(=O)N(C)CCN1C(=O)c1cc(C)nc2c(C)cc(C)cc12. The van der Waals surface area contributed by atoms with Crippen LogP contribution in [0, 0.1) is 20.8 Å². The molecule has 2 aromatic rings. The van der Waals surface area contributed by atoms with Gasteiger partial charge in [-0.25, -0.2) is 0 Å². The van der Waals surface area contributed by atoms with Crippen LogP contribution in [-0.2, 0) is 4.79 Å². The van der Waals surface area contributed by atoms with Gasteiger partial charge in [0, 0.05) is 31.2 Å². The molecule has 27 heavy (non-hydrogen) atoms. The van der Waals surface area contributed by atoms with Gasteiger partial charge in [0.25, 0.3) is 5.91 Å². The van der Waals surface area contributed by atoms with Gasteiger partial charge in [-0.15, -0.1) is 0 Å². The maximum absolute atomic E-state index is 13.5. The number of nitrogens with zero attached hydrogens (tertiary/aromatic N) is 3. The monoisotopic (exact) mass is 367 g/mol. The second-order valence-corrected chi connectivity index (χ2v) is 7.71. The molecule has 1 aromatic carbocycles. The van der Waals surface area contributed by atoms with Crippen LogP contribution in [-0.4, -0.2) is 52.8 Å². The predicted octanol–water partition coefficient (Wildman–Crippen LogP) is 3.63. The van der Waals surface area contributed by atoms with Crippen LogP contribution < -0.4 is 0 Å². The van der Waals surface area contributed by atoms with Crippen molar-refractivity contribution in [1.82, 2.24) is 14.8 Å². The molecule has 0 aliphatic carbocycles. The molecule has 0 N–H and O–H groups in total. The molecule has 144 valence electrons. The predicted molar refractivity (Wildman–Crippen MR) is 108 cm³/mol. The number of aryl methyl sites for hydroxylation is 3. The summed E-state index contributed by atoms with van der Waals surface area (Å²) >= 11 is 0. The molecule has 1 atom stereocenters. The third-order valence-corrected chi connectivity index (χ3v) is 5.41. The van der Waals surface area contributed by atoms with Crippen LogP contribution in [0.25, 0.3) is 10.9 Å². The Hall–Kier alpha value is -2.43. The number of piperazine rings is 1. The summed E-state index contributed by atoms with van der Waals surface area (Å²) in [5, 5.41) is 0.878. The van der Waals surface area contributed by atoms with E-state index in [1.165, 1.54) is 0 Å². The summed E-state index contributed by atoms with van der Waals surface area (Å²) in [6, 6.07) is 5.61. The van der Waals surface area contributed by atoms with Crippen molar-refractivity contribution in [2.24, 2.45) is 0 Å². The van der Waals surface area contributed by atoms with Crippen molar-refractivity contribution in [3.05, 3.63) is 40.6 Å². The highest BCUT2D eigenvalue weighted by molar-refractivity contribution is 6.08. The Bertz CT molecular complexity index is 891. The summed E-state index contributed by atoms with van der Waals surface area (Å²) in [5.74, 6) is -0.0106. The molecule has 1 aliphatic rings. The Morgan fingerprint density at radius 1 is 1.19 bits per heavy atom. The molecule has 2 heterocycles.